The molecule has 3 aliphatic rings. The third-order valence-corrected chi connectivity index (χ3v) is 5.03. The fourth-order valence-corrected chi connectivity index (χ4v) is 3.83. The van der Waals surface area contributed by atoms with Crippen molar-refractivity contribution in [2.45, 2.75) is 57.4 Å². The molecule has 7 heteroatoms. The molecule has 26 heavy (non-hydrogen) atoms. The van der Waals surface area contributed by atoms with Gasteiger partial charge in [-0.1, -0.05) is 12.1 Å². The van der Waals surface area contributed by atoms with E-state index in [1.54, 1.807) is 0 Å². The molecule has 144 valence electrons. The SMILES string of the molecule is CCNC(=NCc1cccc2c1OCCCO2)NC1CC2CCC1O2.I. The zero-order chi connectivity index (χ0) is 17.1. The van der Waals surface area contributed by atoms with Crippen LogP contribution in [0.2, 0.25) is 0 Å². The van der Waals surface area contributed by atoms with E-state index in [9.17, 15) is 0 Å². The third kappa shape index (κ3) is 4.36. The highest BCUT2D eigenvalue weighted by Gasteiger charge is 2.41. The molecule has 0 amide bonds. The molecule has 3 heterocycles. The Morgan fingerprint density at radius 1 is 1.23 bits per heavy atom. The average molecular weight is 473 g/mol. The number of ether oxygens (including phenoxy) is 3. The van der Waals surface area contributed by atoms with Crippen molar-refractivity contribution in [3.8, 4) is 11.5 Å². The minimum Gasteiger partial charge on any atom is -0.490 e. The van der Waals surface area contributed by atoms with E-state index >= 15 is 0 Å². The van der Waals surface area contributed by atoms with Crippen LogP contribution in [0.3, 0.4) is 0 Å². The predicted octanol–water partition coefficient (Wildman–Crippen LogP) is 2.84. The van der Waals surface area contributed by atoms with Gasteiger partial charge in [-0.3, -0.25) is 0 Å². The molecular weight excluding hydrogens is 445 g/mol. The fraction of sp³-hybridized carbons (Fsp3) is 0.632. The Hall–Kier alpha value is -1.22. The number of benzene rings is 1. The summed E-state index contributed by atoms with van der Waals surface area (Å²) < 4.78 is 17.6. The summed E-state index contributed by atoms with van der Waals surface area (Å²) in [5, 5.41) is 6.90. The minimum absolute atomic E-state index is 0. The second-order valence-electron chi connectivity index (χ2n) is 6.85. The highest BCUT2D eigenvalue weighted by atomic mass is 127. The fourth-order valence-electron chi connectivity index (χ4n) is 3.83. The molecule has 0 spiro atoms. The van der Waals surface area contributed by atoms with Gasteiger partial charge in [0.2, 0.25) is 0 Å². The van der Waals surface area contributed by atoms with E-state index in [4.69, 9.17) is 19.2 Å². The zero-order valence-electron chi connectivity index (χ0n) is 15.2. The summed E-state index contributed by atoms with van der Waals surface area (Å²) in [6, 6.07) is 6.39. The monoisotopic (exact) mass is 473 g/mol. The van der Waals surface area contributed by atoms with E-state index in [2.05, 4.69) is 23.6 Å². The molecule has 3 aliphatic heterocycles. The van der Waals surface area contributed by atoms with E-state index in [-0.39, 0.29) is 24.0 Å². The van der Waals surface area contributed by atoms with Crippen LogP contribution in [0.15, 0.2) is 23.2 Å². The molecule has 1 aromatic rings. The highest BCUT2D eigenvalue weighted by molar-refractivity contribution is 14.0. The Morgan fingerprint density at radius 2 is 2.12 bits per heavy atom. The molecule has 4 rings (SSSR count). The first-order chi connectivity index (χ1) is 12.3. The van der Waals surface area contributed by atoms with E-state index in [1.165, 1.54) is 6.42 Å². The Morgan fingerprint density at radius 3 is 2.88 bits per heavy atom. The van der Waals surface area contributed by atoms with Gasteiger partial charge < -0.3 is 24.8 Å². The second kappa shape index (κ2) is 9.12. The van der Waals surface area contributed by atoms with E-state index in [0.717, 1.165) is 48.8 Å². The van der Waals surface area contributed by atoms with Crippen LogP contribution >= 0.6 is 24.0 Å². The molecule has 1 aromatic carbocycles. The van der Waals surface area contributed by atoms with Crippen molar-refractivity contribution in [3.05, 3.63) is 23.8 Å². The third-order valence-electron chi connectivity index (χ3n) is 5.03. The topological polar surface area (TPSA) is 64.1 Å². The lowest BCUT2D eigenvalue weighted by atomic mass is 9.96. The first kappa shape index (κ1) is 19.5. The lowest BCUT2D eigenvalue weighted by Gasteiger charge is -2.22. The van der Waals surface area contributed by atoms with Crippen molar-refractivity contribution in [1.29, 1.82) is 0 Å². The normalized spacial score (nSPS) is 26.8. The summed E-state index contributed by atoms with van der Waals surface area (Å²) in [4.78, 5) is 4.77. The summed E-state index contributed by atoms with van der Waals surface area (Å²) in [6.45, 7) is 4.87. The van der Waals surface area contributed by atoms with Crippen molar-refractivity contribution in [2.75, 3.05) is 19.8 Å². The minimum atomic E-state index is 0. The van der Waals surface area contributed by atoms with Crippen molar-refractivity contribution in [1.82, 2.24) is 10.6 Å². The molecule has 2 saturated heterocycles. The van der Waals surface area contributed by atoms with Gasteiger partial charge in [-0.25, -0.2) is 4.99 Å². The number of hydrogen-bond donors (Lipinski definition) is 2. The molecule has 0 radical (unpaired) electrons. The number of hydrogen-bond acceptors (Lipinski definition) is 4. The van der Waals surface area contributed by atoms with Gasteiger partial charge in [0.1, 0.15) is 0 Å². The molecule has 6 nitrogen and oxygen atoms in total. The van der Waals surface area contributed by atoms with Crippen LogP contribution in [-0.2, 0) is 11.3 Å². The smallest absolute Gasteiger partial charge is 0.191 e. The van der Waals surface area contributed by atoms with Crippen LogP contribution < -0.4 is 20.1 Å². The molecule has 3 atom stereocenters. The van der Waals surface area contributed by atoms with Gasteiger partial charge in [-0.2, -0.15) is 0 Å². The van der Waals surface area contributed by atoms with Crippen LogP contribution in [-0.4, -0.2) is 44.0 Å². The van der Waals surface area contributed by atoms with Gasteiger partial charge in [0.15, 0.2) is 17.5 Å². The van der Waals surface area contributed by atoms with E-state index in [1.807, 2.05) is 12.1 Å². The van der Waals surface area contributed by atoms with Crippen molar-refractivity contribution < 1.29 is 14.2 Å². The van der Waals surface area contributed by atoms with Crippen LogP contribution in [0.1, 0.15) is 38.2 Å². The summed E-state index contributed by atoms with van der Waals surface area (Å²) in [5.41, 5.74) is 1.06. The van der Waals surface area contributed by atoms with E-state index < -0.39 is 0 Å². The highest BCUT2D eigenvalue weighted by Crippen LogP contribution is 2.35. The van der Waals surface area contributed by atoms with E-state index in [0.29, 0.717) is 38.0 Å². The van der Waals surface area contributed by atoms with Gasteiger partial charge in [0, 0.05) is 18.5 Å². The van der Waals surface area contributed by atoms with Crippen LogP contribution in [0.4, 0.5) is 0 Å². The molecular formula is C19H28IN3O3. The molecule has 0 aromatic heterocycles. The molecule has 0 aliphatic carbocycles. The summed E-state index contributed by atoms with van der Waals surface area (Å²) in [5.74, 6) is 2.50. The summed E-state index contributed by atoms with van der Waals surface area (Å²) >= 11 is 0. The maximum absolute atomic E-state index is 5.93. The summed E-state index contributed by atoms with van der Waals surface area (Å²) in [7, 11) is 0. The summed E-state index contributed by atoms with van der Waals surface area (Å²) in [6.07, 6.45) is 5.10. The van der Waals surface area contributed by atoms with Crippen molar-refractivity contribution >= 4 is 29.9 Å². The Bertz CT molecular complexity index is 640. The largest absolute Gasteiger partial charge is 0.490 e. The van der Waals surface area contributed by atoms with Gasteiger partial charge in [-0.05, 0) is 32.3 Å². The number of fused-ring (bicyclic) bond motifs is 3. The quantitative estimate of drug-likeness (QED) is 0.400. The van der Waals surface area contributed by atoms with Gasteiger partial charge in [0.05, 0.1) is 38.0 Å². The molecule has 0 saturated carbocycles. The van der Waals surface area contributed by atoms with Crippen LogP contribution in [0.25, 0.3) is 0 Å². The van der Waals surface area contributed by atoms with Gasteiger partial charge in [0.25, 0.3) is 0 Å². The lowest BCUT2D eigenvalue weighted by Crippen LogP contribution is -2.47. The number of nitrogens with one attached hydrogen (secondary N) is 2. The Balaban J connectivity index is 0.00000196. The van der Waals surface area contributed by atoms with Gasteiger partial charge >= 0.3 is 0 Å². The molecule has 2 bridgehead atoms. The van der Waals surface area contributed by atoms with Gasteiger partial charge in [-0.15, -0.1) is 24.0 Å². The number of guanidine groups is 1. The second-order valence-corrected chi connectivity index (χ2v) is 6.85. The maximum Gasteiger partial charge on any atom is 0.191 e. The number of para-hydroxylation sites is 1. The number of aliphatic imine (C=N–C) groups is 1. The first-order valence-electron chi connectivity index (χ1n) is 9.41. The van der Waals surface area contributed by atoms with Crippen LogP contribution in [0.5, 0.6) is 11.5 Å². The van der Waals surface area contributed by atoms with Crippen molar-refractivity contribution in [3.63, 3.8) is 0 Å². The van der Waals surface area contributed by atoms with Crippen molar-refractivity contribution in [2.24, 2.45) is 4.99 Å². The Kier molecular flexibility index (Phi) is 6.86. The lowest BCUT2D eigenvalue weighted by molar-refractivity contribution is 0.0992. The number of nitrogens with zero attached hydrogens (tertiary/aromatic N) is 1. The zero-order valence-corrected chi connectivity index (χ0v) is 17.5. The molecule has 2 N–H and O–H groups in total. The number of halogens is 1. The molecule has 3 unspecified atom stereocenters. The average Bonchev–Trinajstić information content (AvgIpc) is 3.15. The predicted molar refractivity (Wildman–Crippen MR) is 112 cm³/mol. The van der Waals surface area contributed by atoms with Crippen LogP contribution in [0, 0.1) is 0 Å². The Labute approximate surface area is 172 Å². The first-order valence-corrected chi connectivity index (χ1v) is 9.41. The number of rotatable bonds is 4. The standard InChI is InChI=1S/C19H27N3O3.HI/c1-2-20-19(22-15-11-14-7-8-16(15)25-14)21-12-13-5-3-6-17-18(13)24-10-4-9-23-17;/h3,5-6,14-16H,2,4,7-12H2,1H3,(H2,20,21,22);1H. The maximum atomic E-state index is 5.93. The molecule has 2 fully saturated rings.